The van der Waals surface area contributed by atoms with Gasteiger partial charge in [0.1, 0.15) is 10.6 Å². The molecule has 0 unspecified atom stereocenters. The molecule has 1 saturated heterocycles. The third-order valence-corrected chi connectivity index (χ3v) is 6.93. The van der Waals surface area contributed by atoms with Crippen molar-refractivity contribution in [2.24, 2.45) is 0 Å². The first kappa shape index (κ1) is 20.6. The van der Waals surface area contributed by atoms with E-state index in [0.717, 1.165) is 11.3 Å². The Balaban J connectivity index is 1.55. The third kappa shape index (κ3) is 3.87. The number of anilines is 1. The molecule has 0 aliphatic carbocycles. The summed E-state index contributed by atoms with van der Waals surface area (Å²) in [4.78, 5) is 33.3. The summed E-state index contributed by atoms with van der Waals surface area (Å²) in [5.74, 6) is -1.37. The number of nitrogens with zero attached hydrogens (tertiary/aromatic N) is 5. The van der Waals surface area contributed by atoms with Crippen molar-refractivity contribution < 1.29 is 14.7 Å². The largest absolute Gasteiger partial charge is 0.477 e. The van der Waals surface area contributed by atoms with Gasteiger partial charge in [-0.3, -0.25) is 4.79 Å². The first-order chi connectivity index (χ1) is 14.3. The highest BCUT2D eigenvalue weighted by Crippen LogP contribution is 2.31. The zero-order chi connectivity index (χ0) is 21.4. The van der Waals surface area contributed by atoms with Gasteiger partial charge in [0.15, 0.2) is 5.13 Å². The molecule has 2 atom stereocenters. The Morgan fingerprint density at radius 1 is 1.37 bits per heavy atom. The zero-order valence-corrected chi connectivity index (χ0v) is 18.0. The number of rotatable bonds is 5. The minimum absolute atomic E-state index is 0.173. The van der Waals surface area contributed by atoms with E-state index in [1.165, 1.54) is 6.20 Å². The van der Waals surface area contributed by atoms with Gasteiger partial charge in [0.05, 0.1) is 34.5 Å². The van der Waals surface area contributed by atoms with Gasteiger partial charge in [-0.25, -0.2) is 14.5 Å². The molecule has 0 saturated carbocycles. The Morgan fingerprint density at radius 2 is 2.17 bits per heavy atom. The molecular weight excluding hydrogens is 453 g/mol. The third-order valence-electron chi connectivity index (χ3n) is 4.93. The Bertz CT molecular complexity index is 1080. The lowest BCUT2D eigenvalue weighted by Gasteiger charge is -2.38. The van der Waals surface area contributed by atoms with Crippen LogP contribution in [-0.2, 0) is 0 Å². The van der Waals surface area contributed by atoms with E-state index < -0.39 is 5.97 Å². The topological polar surface area (TPSA) is 129 Å². The molecule has 1 amide bonds. The number of halogens is 2. The first-order valence-corrected chi connectivity index (χ1v) is 10.6. The summed E-state index contributed by atoms with van der Waals surface area (Å²) in [5.41, 5.74) is 0.831. The number of aromatic carboxylic acids is 1. The quantitative estimate of drug-likeness (QED) is 0.523. The molecule has 1 aliphatic rings. The number of thiazole rings is 1. The number of carboxylic acid groups (broad SMARTS) is 1. The summed E-state index contributed by atoms with van der Waals surface area (Å²) in [6.45, 7) is 2.79. The molecule has 30 heavy (non-hydrogen) atoms. The lowest BCUT2D eigenvalue weighted by molar-refractivity contribution is 0.0701. The molecule has 10 nitrogen and oxygen atoms in total. The number of hydrogen-bond acceptors (Lipinski definition) is 7. The van der Waals surface area contributed by atoms with Gasteiger partial charge in [0.2, 0.25) is 0 Å². The van der Waals surface area contributed by atoms with Crippen LogP contribution in [0.5, 0.6) is 0 Å². The molecule has 0 aromatic carbocycles. The maximum absolute atomic E-state index is 12.8. The van der Waals surface area contributed by atoms with E-state index in [2.05, 4.69) is 25.6 Å². The second-order valence-electron chi connectivity index (χ2n) is 6.83. The van der Waals surface area contributed by atoms with Crippen molar-refractivity contribution in [2.45, 2.75) is 25.4 Å². The summed E-state index contributed by atoms with van der Waals surface area (Å²) < 4.78 is 1.68. The van der Waals surface area contributed by atoms with Crippen LogP contribution in [-0.4, -0.2) is 61.1 Å². The van der Waals surface area contributed by atoms with Gasteiger partial charge in [-0.2, -0.15) is 0 Å². The SMILES string of the molecule is Cc1[nH]c(C(=O)N[C@@H]2CCN(c3ncc(C(=O)O)s3)C[C@@H]2n2ccnn2)c(Cl)c1Cl. The number of H-pyrrole nitrogens is 1. The molecule has 4 heterocycles. The summed E-state index contributed by atoms with van der Waals surface area (Å²) in [6, 6.07) is -0.500. The fourth-order valence-electron chi connectivity index (χ4n) is 3.41. The molecule has 158 valence electrons. The monoisotopic (exact) mass is 469 g/mol. The van der Waals surface area contributed by atoms with Gasteiger partial charge in [-0.1, -0.05) is 39.8 Å². The number of aromatic amines is 1. The van der Waals surface area contributed by atoms with E-state index in [0.29, 0.717) is 35.4 Å². The van der Waals surface area contributed by atoms with Crippen molar-refractivity contribution in [2.75, 3.05) is 18.0 Å². The number of carboxylic acids is 1. The fraction of sp³-hybridized carbons (Fsp3) is 0.353. The molecule has 3 N–H and O–H groups in total. The van der Waals surface area contributed by atoms with Gasteiger partial charge in [0, 0.05) is 25.0 Å². The zero-order valence-electron chi connectivity index (χ0n) is 15.7. The number of hydrogen-bond donors (Lipinski definition) is 3. The number of carbonyl (C=O) groups is 2. The van der Waals surface area contributed by atoms with Crippen LogP contribution in [0.2, 0.25) is 10.0 Å². The second-order valence-corrected chi connectivity index (χ2v) is 8.60. The predicted molar refractivity (Wildman–Crippen MR) is 112 cm³/mol. The van der Waals surface area contributed by atoms with Crippen LogP contribution >= 0.6 is 34.5 Å². The normalized spacial score (nSPS) is 19.1. The number of piperidine rings is 1. The number of carbonyl (C=O) groups excluding carboxylic acids is 1. The minimum Gasteiger partial charge on any atom is -0.477 e. The molecule has 4 rings (SSSR count). The Labute approximate surface area is 184 Å². The molecular formula is C17H17Cl2N7O3S. The average Bonchev–Trinajstić information content (AvgIpc) is 3.46. The standard InChI is InChI=1S/C17H17Cl2N7O3S/c1-8-12(18)13(19)14(22-8)15(27)23-9-2-4-25(7-10(9)26-5-3-21-24-26)17-20-6-11(30-17)16(28)29/h3,5-6,9-10,22H,2,4,7H2,1H3,(H,23,27)(H,28,29)/t9-,10+/m1/s1. The second kappa shape index (κ2) is 8.25. The molecule has 0 radical (unpaired) electrons. The van der Waals surface area contributed by atoms with Crippen molar-refractivity contribution in [1.82, 2.24) is 30.3 Å². The Morgan fingerprint density at radius 3 is 2.77 bits per heavy atom. The minimum atomic E-state index is -1.01. The van der Waals surface area contributed by atoms with E-state index in [-0.39, 0.29) is 33.6 Å². The van der Waals surface area contributed by atoms with Crippen LogP contribution in [0.25, 0.3) is 0 Å². The number of aromatic nitrogens is 5. The van der Waals surface area contributed by atoms with E-state index in [1.807, 2.05) is 4.90 Å². The van der Waals surface area contributed by atoms with Crippen molar-refractivity contribution in [3.05, 3.63) is 44.9 Å². The number of aryl methyl sites for hydroxylation is 1. The van der Waals surface area contributed by atoms with Crippen LogP contribution in [0.3, 0.4) is 0 Å². The lowest BCUT2D eigenvalue weighted by Crippen LogP contribution is -2.52. The Hall–Kier alpha value is -2.63. The van der Waals surface area contributed by atoms with Crippen molar-refractivity contribution in [3.8, 4) is 0 Å². The van der Waals surface area contributed by atoms with Gasteiger partial charge >= 0.3 is 5.97 Å². The maximum Gasteiger partial charge on any atom is 0.347 e. The summed E-state index contributed by atoms with van der Waals surface area (Å²) >= 11 is 13.4. The van der Waals surface area contributed by atoms with Crippen LogP contribution in [0, 0.1) is 6.92 Å². The smallest absolute Gasteiger partial charge is 0.347 e. The molecule has 1 fully saturated rings. The van der Waals surface area contributed by atoms with Gasteiger partial charge in [0.25, 0.3) is 5.91 Å². The molecule has 13 heteroatoms. The van der Waals surface area contributed by atoms with Crippen LogP contribution in [0.15, 0.2) is 18.6 Å². The molecule has 0 spiro atoms. The van der Waals surface area contributed by atoms with E-state index in [9.17, 15) is 9.59 Å². The summed E-state index contributed by atoms with van der Waals surface area (Å²) in [7, 11) is 0. The number of amides is 1. The van der Waals surface area contributed by atoms with Crippen molar-refractivity contribution in [3.63, 3.8) is 0 Å². The summed E-state index contributed by atoms with van der Waals surface area (Å²) in [6.07, 6.45) is 5.22. The van der Waals surface area contributed by atoms with Gasteiger partial charge in [-0.05, 0) is 13.3 Å². The van der Waals surface area contributed by atoms with E-state index >= 15 is 0 Å². The van der Waals surface area contributed by atoms with Crippen molar-refractivity contribution in [1.29, 1.82) is 0 Å². The maximum atomic E-state index is 12.8. The van der Waals surface area contributed by atoms with E-state index in [1.54, 1.807) is 24.0 Å². The molecule has 3 aromatic heterocycles. The first-order valence-electron chi connectivity index (χ1n) is 8.99. The fourth-order valence-corrected chi connectivity index (χ4v) is 4.62. The predicted octanol–water partition coefficient (Wildman–Crippen LogP) is 2.63. The molecule has 3 aromatic rings. The van der Waals surface area contributed by atoms with Crippen molar-refractivity contribution >= 4 is 51.5 Å². The average molecular weight is 470 g/mol. The van der Waals surface area contributed by atoms with Crippen LogP contribution in [0.1, 0.15) is 38.3 Å². The number of nitrogens with one attached hydrogen (secondary N) is 2. The van der Waals surface area contributed by atoms with Crippen LogP contribution in [0.4, 0.5) is 5.13 Å². The van der Waals surface area contributed by atoms with Crippen LogP contribution < -0.4 is 10.2 Å². The molecule has 1 aliphatic heterocycles. The highest BCUT2D eigenvalue weighted by atomic mass is 35.5. The van der Waals surface area contributed by atoms with E-state index in [4.69, 9.17) is 28.3 Å². The summed E-state index contributed by atoms with van der Waals surface area (Å²) in [5, 5.41) is 21.2. The molecule has 0 bridgehead atoms. The highest BCUT2D eigenvalue weighted by molar-refractivity contribution is 7.17. The highest BCUT2D eigenvalue weighted by Gasteiger charge is 2.34. The van der Waals surface area contributed by atoms with Gasteiger partial charge in [-0.15, -0.1) is 5.10 Å². The van der Waals surface area contributed by atoms with Gasteiger partial charge < -0.3 is 20.3 Å². The Kier molecular flexibility index (Phi) is 5.67. The lowest BCUT2D eigenvalue weighted by atomic mass is 9.99.